The van der Waals surface area contributed by atoms with E-state index in [2.05, 4.69) is 4.18 Å². The van der Waals surface area contributed by atoms with Crippen molar-refractivity contribution in [1.82, 2.24) is 0 Å². The van der Waals surface area contributed by atoms with Crippen LogP contribution >= 0.6 is 0 Å². The molecule has 0 fully saturated rings. The molecule has 0 atom stereocenters. The molecule has 0 saturated carbocycles. The predicted octanol–water partition coefficient (Wildman–Crippen LogP) is 0.197. The first-order valence-corrected chi connectivity index (χ1v) is 5.18. The number of hydrogen-bond acceptors (Lipinski definition) is 4. The van der Waals surface area contributed by atoms with Crippen molar-refractivity contribution < 1.29 is 17.4 Å². The molecule has 0 radical (unpaired) electrons. The average Bonchev–Trinajstić information content (AvgIpc) is 1.85. The summed E-state index contributed by atoms with van der Waals surface area (Å²) >= 11 is 0. The van der Waals surface area contributed by atoms with Crippen molar-refractivity contribution in [3.63, 3.8) is 0 Å². The van der Waals surface area contributed by atoms with Gasteiger partial charge in [-0.2, -0.15) is 8.42 Å². The predicted molar refractivity (Wildman–Crippen MR) is 52.1 cm³/mol. The van der Waals surface area contributed by atoms with Crippen molar-refractivity contribution in [2.45, 2.75) is 20.3 Å². The van der Waals surface area contributed by atoms with Crippen molar-refractivity contribution in [1.29, 1.82) is 0 Å². The van der Waals surface area contributed by atoms with E-state index in [0.717, 1.165) is 6.08 Å². The molecular formula is C7H13NaO4S. The Morgan fingerprint density at radius 1 is 1.46 bits per heavy atom. The zero-order valence-electron chi connectivity index (χ0n) is 7.11. The molecule has 0 aromatic carbocycles. The topological polar surface area (TPSA) is 60.4 Å². The summed E-state index contributed by atoms with van der Waals surface area (Å²) in [5, 5.41) is 0. The third-order valence-corrected chi connectivity index (χ3v) is 2.29. The number of allylic oxidation sites excluding steroid dienone is 1. The van der Waals surface area contributed by atoms with Gasteiger partial charge in [-0.3, -0.25) is 0 Å². The molecule has 0 aliphatic rings. The molecular weight excluding hydrogens is 203 g/mol. The molecule has 0 spiro atoms. The Bertz CT molecular complexity index is 268. The number of hydrogen-bond donors (Lipinski definition) is 0. The maximum atomic E-state index is 10.8. The minimum atomic E-state index is -3.65. The fourth-order valence-corrected chi connectivity index (χ4v) is 1.47. The SMILES string of the molecule is CC=CC(=O)OS(=O)(=O)CCC.[NaH]. The van der Waals surface area contributed by atoms with Gasteiger partial charge in [0.1, 0.15) is 0 Å². The first kappa shape index (κ1) is 15.6. The summed E-state index contributed by atoms with van der Waals surface area (Å²) < 4.78 is 25.8. The van der Waals surface area contributed by atoms with Gasteiger partial charge in [0, 0.05) is 6.08 Å². The third-order valence-electron chi connectivity index (χ3n) is 0.966. The van der Waals surface area contributed by atoms with Crippen molar-refractivity contribution in [3.05, 3.63) is 12.2 Å². The molecule has 6 heteroatoms. The molecule has 0 unspecified atom stereocenters. The van der Waals surface area contributed by atoms with Gasteiger partial charge in [0.15, 0.2) is 0 Å². The Balaban J connectivity index is 0. The standard InChI is InChI=1S/C7H12O4S.Na.H/c1-3-5-7(8)11-12(9,10)6-4-2;;/h3,5H,4,6H2,1-2H3;;. The van der Waals surface area contributed by atoms with Gasteiger partial charge in [0.25, 0.3) is 0 Å². The van der Waals surface area contributed by atoms with Gasteiger partial charge in [-0.15, -0.1) is 0 Å². The van der Waals surface area contributed by atoms with Crippen LogP contribution in [0.4, 0.5) is 0 Å². The first-order valence-electron chi connectivity index (χ1n) is 3.60. The van der Waals surface area contributed by atoms with E-state index >= 15 is 0 Å². The molecule has 0 bridgehead atoms. The molecule has 13 heavy (non-hydrogen) atoms. The molecule has 0 N–H and O–H groups in total. The Hall–Kier alpha value is 0.160. The minimum absolute atomic E-state index is 0. The summed E-state index contributed by atoms with van der Waals surface area (Å²) in [6.07, 6.45) is 2.92. The Labute approximate surface area is 101 Å². The monoisotopic (exact) mass is 216 g/mol. The van der Waals surface area contributed by atoms with Crippen molar-refractivity contribution in [3.8, 4) is 0 Å². The summed E-state index contributed by atoms with van der Waals surface area (Å²) in [4.78, 5) is 10.6. The van der Waals surface area contributed by atoms with Crippen LogP contribution in [0.2, 0.25) is 0 Å². The van der Waals surface area contributed by atoms with E-state index in [1.165, 1.54) is 6.08 Å². The third kappa shape index (κ3) is 8.49. The first-order chi connectivity index (χ1) is 5.52. The quantitative estimate of drug-likeness (QED) is 0.382. The molecule has 72 valence electrons. The fraction of sp³-hybridized carbons (Fsp3) is 0.571. The van der Waals surface area contributed by atoms with Gasteiger partial charge in [-0.25, -0.2) is 4.79 Å². The van der Waals surface area contributed by atoms with E-state index < -0.39 is 16.1 Å². The van der Waals surface area contributed by atoms with Crippen LogP contribution in [0, 0.1) is 0 Å². The van der Waals surface area contributed by atoms with Crippen LogP contribution in [-0.2, 0) is 19.1 Å². The second-order valence-electron chi connectivity index (χ2n) is 2.16. The van der Waals surface area contributed by atoms with Crippen LogP contribution in [0.25, 0.3) is 0 Å². The molecule has 0 aromatic rings. The number of rotatable bonds is 4. The van der Waals surface area contributed by atoms with E-state index in [4.69, 9.17) is 0 Å². The second-order valence-corrected chi connectivity index (χ2v) is 3.85. The summed E-state index contributed by atoms with van der Waals surface area (Å²) in [5.74, 6) is -0.970. The fourth-order valence-electron chi connectivity index (χ4n) is 0.581. The van der Waals surface area contributed by atoms with E-state index in [0.29, 0.717) is 6.42 Å². The van der Waals surface area contributed by atoms with Crippen LogP contribution in [0.3, 0.4) is 0 Å². The van der Waals surface area contributed by atoms with Crippen LogP contribution in [-0.4, -0.2) is 49.7 Å². The Kier molecular flexibility index (Phi) is 9.08. The van der Waals surface area contributed by atoms with E-state index in [1.54, 1.807) is 13.8 Å². The van der Waals surface area contributed by atoms with Gasteiger partial charge < -0.3 is 4.18 Å². The summed E-state index contributed by atoms with van der Waals surface area (Å²) in [6, 6.07) is 0. The van der Waals surface area contributed by atoms with Gasteiger partial charge in [-0.1, -0.05) is 13.0 Å². The van der Waals surface area contributed by atoms with Gasteiger partial charge in [-0.05, 0) is 13.3 Å². The van der Waals surface area contributed by atoms with Crippen LogP contribution in [0.5, 0.6) is 0 Å². The molecule has 4 nitrogen and oxygen atoms in total. The molecule has 0 heterocycles. The molecule has 0 rings (SSSR count). The zero-order chi connectivity index (χ0) is 9.61. The zero-order valence-corrected chi connectivity index (χ0v) is 7.93. The van der Waals surface area contributed by atoms with Crippen LogP contribution in [0.15, 0.2) is 12.2 Å². The Morgan fingerprint density at radius 2 is 2.00 bits per heavy atom. The second kappa shape index (κ2) is 7.55. The van der Waals surface area contributed by atoms with E-state index in [9.17, 15) is 13.2 Å². The average molecular weight is 216 g/mol. The molecule has 0 saturated heterocycles. The van der Waals surface area contributed by atoms with Gasteiger partial charge in [0.05, 0.1) is 5.75 Å². The van der Waals surface area contributed by atoms with Gasteiger partial charge >= 0.3 is 45.6 Å². The number of carbonyl (C=O) groups excluding carboxylic acids is 1. The van der Waals surface area contributed by atoms with Crippen molar-refractivity contribution in [2.24, 2.45) is 0 Å². The molecule has 0 aliphatic carbocycles. The number of carbonyl (C=O) groups is 1. The molecule has 0 aromatic heterocycles. The van der Waals surface area contributed by atoms with Crippen molar-refractivity contribution >= 4 is 45.6 Å². The maximum absolute atomic E-state index is 10.8. The summed E-state index contributed by atoms with van der Waals surface area (Å²) in [7, 11) is -3.65. The van der Waals surface area contributed by atoms with Gasteiger partial charge in [0.2, 0.25) is 0 Å². The normalized spacial score (nSPS) is 10.9. The van der Waals surface area contributed by atoms with E-state index in [1.807, 2.05) is 0 Å². The van der Waals surface area contributed by atoms with Crippen molar-refractivity contribution in [2.75, 3.05) is 5.75 Å². The summed E-state index contributed by atoms with van der Waals surface area (Å²) in [6.45, 7) is 3.30. The summed E-state index contributed by atoms with van der Waals surface area (Å²) in [5.41, 5.74) is 0. The molecule has 0 aliphatic heterocycles. The van der Waals surface area contributed by atoms with E-state index in [-0.39, 0.29) is 35.3 Å². The van der Waals surface area contributed by atoms with Crippen LogP contribution in [0.1, 0.15) is 20.3 Å². The van der Waals surface area contributed by atoms with Crippen LogP contribution < -0.4 is 0 Å². The Morgan fingerprint density at radius 3 is 2.38 bits per heavy atom. The molecule has 0 amide bonds.